The summed E-state index contributed by atoms with van der Waals surface area (Å²) in [7, 11) is 0. The largest absolute Gasteiger partial charge is 0.497 e. The minimum Gasteiger partial charge on any atom is -0.497 e. The lowest BCUT2D eigenvalue weighted by molar-refractivity contribution is 0.286. The van der Waals surface area contributed by atoms with Gasteiger partial charge in [-0.15, -0.1) is 0 Å². The van der Waals surface area contributed by atoms with Gasteiger partial charge in [-0.05, 0) is 12.2 Å². The van der Waals surface area contributed by atoms with E-state index >= 15 is 0 Å². The van der Waals surface area contributed by atoms with E-state index in [2.05, 4.69) is 0 Å². The zero-order valence-electron chi connectivity index (χ0n) is 4.13. The molecule has 7 heavy (non-hydrogen) atoms. The summed E-state index contributed by atoms with van der Waals surface area (Å²) in [6, 6.07) is 0. The van der Waals surface area contributed by atoms with Crippen molar-refractivity contribution in [2.45, 2.75) is 0 Å². The van der Waals surface area contributed by atoms with E-state index in [1.165, 1.54) is 0 Å². The molecule has 0 saturated carbocycles. The van der Waals surface area contributed by atoms with Gasteiger partial charge in [0.1, 0.15) is 6.61 Å². The molecule has 1 rings (SSSR count). The van der Waals surface area contributed by atoms with Crippen molar-refractivity contribution in [3.8, 4) is 0 Å². The lowest BCUT2D eigenvalue weighted by Gasteiger charge is -1.94. The summed E-state index contributed by atoms with van der Waals surface area (Å²) in [4.78, 5) is 0. The molecule has 0 saturated heterocycles. The first-order chi connectivity index (χ1) is 3.00. The molecule has 0 atom stereocenters. The fourth-order valence-electron chi connectivity index (χ4n) is 0.346. The summed E-state index contributed by atoms with van der Waals surface area (Å²) in [5.41, 5.74) is 0. The van der Waals surface area contributed by atoms with Crippen molar-refractivity contribution in [2.75, 3.05) is 6.61 Å². The molecule has 0 aliphatic carbocycles. The molecule has 34 valence electrons. The number of rotatable bonds is 0. The molecule has 0 aromatic heterocycles. The van der Waals surface area contributed by atoms with Crippen LogP contribution in [0.5, 0.6) is 0 Å². The van der Waals surface area contributed by atoms with E-state index in [9.17, 15) is 0 Å². The molecule has 0 fully saturated rings. The maximum atomic E-state index is 4.80. The summed E-state index contributed by atoms with van der Waals surface area (Å²) in [5.74, 6) is 0. The first kappa shape index (κ1) is 7.05. The third-order valence-corrected chi connectivity index (χ3v) is 0.614. The topological polar surface area (TPSA) is 9.23 Å². The first-order valence-corrected chi connectivity index (χ1v) is 1.93. The monoisotopic (exact) mass is 106 g/mol. The van der Waals surface area contributed by atoms with Crippen LogP contribution in [0.3, 0.4) is 0 Å². The summed E-state index contributed by atoms with van der Waals surface area (Å²) < 4.78 is 4.80. The molecule has 1 nitrogen and oxygen atoms in total. The fraction of sp³-hybridized carbons (Fsp3) is 0.200. The average molecular weight is 106 g/mol. The zero-order chi connectivity index (χ0) is 4.24. The van der Waals surface area contributed by atoms with E-state index in [0.717, 1.165) is 6.61 Å². The SMILES string of the molecule is C1=CCOC=C1.[Mg]. The third-order valence-electron chi connectivity index (χ3n) is 0.614. The van der Waals surface area contributed by atoms with Gasteiger partial charge in [-0.1, -0.05) is 6.08 Å². The van der Waals surface area contributed by atoms with Crippen LogP contribution in [0.2, 0.25) is 0 Å². The Morgan fingerprint density at radius 2 is 2.14 bits per heavy atom. The fourth-order valence-corrected chi connectivity index (χ4v) is 0.346. The minimum atomic E-state index is 0. The summed E-state index contributed by atoms with van der Waals surface area (Å²) in [6.07, 6.45) is 7.47. The molecule has 0 N–H and O–H groups in total. The lowest BCUT2D eigenvalue weighted by atomic mass is 10.5. The second-order valence-corrected chi connectivity index (χ2v) is 1.09. The predicted molar refractivity (Wildman–Crippen MR) is 30.0 cm³/mol. The minimum absolute atomic E-state index is 0. The Morgan fingerprint density at radius 1 is 1.29 bits per heavy atom. The van der Waals surface area contributed by atoms with E-state index in [0.29, 0.717) is 0 Å². The average Bonchev–Trinajstić information content (AvgIpc) is 1.72. The maximum absolute atomic E-state index is 4.80. The van der Waals surface area contributed by atoms with Crippen LogP contribution in [-0.2, 0) is 4.74 Å². The van der Waals surface area contributed by atoms with Crippen molar-refractivity contribution in [3.63, 3.8) is 0 Å². The maximum Gasteiger partial charge on any atom is 0.106 e. The highest BCUT2D eigenvalue weighted by atomic mass is 24.3. The molecule has 0 unspecified atom stereocenters. The molecule has 2 heteroatoms. The summed E-state index contributed by atoms with van der Waals surface area (Å²) >= 11 is 0. The molecule has 0 bridgehead atoms. The Kier molecular flexibility index (Phi) is 4.24. The summed E-state index contributed by atoms with van der Waals surface area (Å²) in [5, 5.41) is 0. The molecule has 0 amide bonds. The smallest absolute Gasteiger partial charge is 0.106 e. The van der Waals surface area contributed by atoms with Crippen LogP contribution in [0.15, 0.2) is 24.5 Å². The molecular formula is C5H6MgO. The van der Waals surface area contributed by atoms with Crippen LogP contribution in [0.4, 0.5) is 0 Å². The van der Waals surface area contributed by atoms with Crippen molar-refractivity contribution in [1.82, 2.24) is 0 Å². The Morgan fingerprint density at radius 3 is 2.29 bits per heavy atom. The van der Waals surface area contributed by atoms with E-state index in [-0.39, 0.29) is 23.1 Å². The highest BCUT2D eigenvalue weighted by Gasteiger charge is 1.75. The van der Waals surface area contributed by atoms with Crippen molar-refractivity contribution >= 4 is 23.1 Å². The van der Waals surface area contributed by atoms with Crippen LogP contribution in [0.25, 0.3) is 0 Å². The Hall–Kier alpha value is 0.0462. The molecule has 1 heterocycles. The molecule has 1 aliphatic rings. The lowest BCUT2D eigenvalue weighted by Crippen LogP contribution is -1.82. The van der Waals surface area contributed by atoms with Crippen molar-refractivity contribution in [1.29, 1.82) is 0 Å². The zero-order valence-corrected chi connectivity index (χ0v) is 5.55. The van der Waals surface area contributed by atoms with Gasteiger partial charge in [0.05, 0.1) is 6.26 Å². The van der Waals surface area contributed by atoms with E-state index in [1.54, 1.807) is 6.26 Å². The Balaban J connectivity index is 0.000000360. The number of hydrogen-bond acceptors (Lipinski definition) is 1. The molecule has 0 spiro atoms. The normalized spacial score (nSPS) is 14.9. The van der Waals surface area contributed by atoms with Gasteiger partial charge >= 0.3 is 0 Å². The second-order valence-electron chi connectivity index (χ2n) is 1.09. The van der Waals surface area contributed by atoms with Gasteiger partial charge in [-0.3, -0.25) is 0 Å². The van der Waals surface area contributed by atoms with Crippen molar-refractivity contribution in [3.05, 3.63) is 24.5 Å². The van der Waals surface area contributed by atoms with Gasteiger partial charge < -0.3 is 4.74 Å². The quantitative estimate of drug-likeness (QED) is 0.413. The predicted octanol–water partition coefficient (Wildman–Crippen LogP) is 0.706. The van der Waals surface area contributed by atoms with Crippen LogP contribution >= 0.6 is 0 Å². The van der Waals surface area contributed by atoms with E-state index in [1.807, 2.05) is 18.2 Å². The van der Waals surface area contributed by atoms with Crippen molar-refractivity contribution < 1.29 is 4.74 Å². The van der Waals surface area contributed by atoms with Gasteiger partial charge in [0.15, 0.2) is 0 Å². The van der Waals surface area contributed by atoms with Gasteiger partial charge in [0, 0.05) is 23.1 Å². The van der Waals surface area contributed by atoms with Gasteiger partial charge in [-0.2, -0.15) is 0 Å². The summed E-state index contributed by atoms with van der Waals surface area (Å²) in [6.45, 7) is 0.733. The van der Waals surface area contributed by atoms with Crippen LogP contribution in [0.1, 0.15) is 0 Å². The van der Waals surface area contributed by atoms with Crippen LogP contribution in [0, 0.1) is 0 Å². The second kappa shape index (κ2) is 4.21. The Labute approximate surface area is 59.2 Å². The number of ether oxygens (including phenoxy) is 1. The molecule has 2 radical (unpaired) electrons. The van der Waals surface area contributed by atoms with E-state index < -0.39 is 0 Å². The standard InChI is InChI=1S/C5H6O.Mg/c1-2-4-6-5-3-1;/h1-4H,5H2;. The molecule has 0 aromatic carbocycles. The third kappa shape index (κ3) is 2.71. The van der Waals surface area contributed by atoms with Gasteiger partial charge in [-0.25, -0.2) is 0 Å². The van der Waals surface area contributed by atoms with Gasteiger partial charge in [0.25, 0.3) is 0 Å². The van der Waals surface area contributed by atoms with Crippen LogP contribution in [-0.4, -0.2) is 29.7 Å². The Bertz CT molecular complexity index is 74.1. The molecule has 0 aromatic rings. The first-order valence-electron chi connectivity index (χ1n) is 1.93. The highest BCUT2D eigenvalue weighted by Crippen LogP contribution is 1.87. The number of allylic oxidation sites excluding steroid dienone is 2. The highest BCUT2D eigenvalue weighted by molar-refractivity contribution is 5.75. The number of hydrogen-bond donors (Lipinski definition) is 0. The van der Waals surface area contributed by atoms with Crippen LogP contribution < -0.4 is 0 Å². The molecule has 1 aliphatic heterocycles. The van der Waals surface area contributed by atoms with E-state index in [4.69, 9.17) is 4.74 Å². The van der Waals surface area contributed by atoms with Gasteiger partial charge in [0.2, 0.25) is 0 Å². The molecular weight excluding hydrogens is 100 g/mol. The van der Waals surface area contributed by atoms with Crippen molar-refractivity contribution in [2.24, 2.45) is 0 Å².